The summed E-state index contributed by atoms with van der Waals surface area (Å²) < 4.78 is 10.9. The second-order valence-corrected chi connectivity index (χ2v) is 8.93. The lowest BCUT2D eigenvalue weighted by atomic mass is 10.1. The zero-order chi connectivity index (χ0) is 22.7. The third-order valence-electron chi connectivity index (χ3n) is 4.61. The summed E-state index contributed by atoms with van der Waals surface area (Å²) in [5.41, 5.74) is 4.91. The number of rotatable bonds is 7. The van der Waals surface area contributed by atoms with Crippen molar-refractivity contribution in [1.82, 2.24) is 9.97 Å². The zero-order valence-corrected chi connectivity index (χ0v) is 19.5. The molecular formula is C23H21N3O4S2. The van der Waals surface area contributed by atoms with Crippen molar-refractivity contribution < 1.29 is 18.7 Å². The van der Waals surface area contributed by atoms with Crippen molar-refractivity contribution in [1.29, 1.82) is 0 Å². The van der Waals surface area contributed by atoms with Gasteiger partial charge in [-0.1, -0.05) is 41.6 Å². The highest BCUT2D eigenvalue weighted by Crippen LogP contribution is 2.32. The molecule has 2 aromatic heterocycles. The molecule has 164 valence electrons. The number of fused-ring (bicyclic) bond motifs is 1. The second-order valence-electron chi connectivity index (χ2n) is 7.16. The van der Waals surface area contributed by atoms with Crippen LogP contribution >= 0.6 is 23.1 Å². The lowest BCUT2D eigenvalue weighted by Crippen LogP contribution is -2.23. The van der Waals surface area contributed by atoms with E-state index in [1.165, 1.54) is 30.0 Å². The van der Waals surface area contributed by atoms with E-state index in [1.807, 2.05) is 56.3 Å². The standard InChI is InChI=1S/C23H21N3O4S2/c1-14-8-9-19(15(2)10-14)26(16(3)27)22-24-17(12-31-22)11-29-21(28)13-32-23-25-18-6-4-5-7-20(18)30-23/h4-10,12H,11,13H2,1-3H3. The van der Waals surface area contributed by atoms with Gasteiger partial charge in [0.05, 0.1) is 11.4 Å². The van der Waals surface area contributed by atoms with Crippen LogP contribution in [0.3, 0.4) is 0 Å². The Bertz CT molecular complexity index is 1250. The first-order valence-electron chi connectivity index (χ1n) is 9.87. The highest BCUT2D eigenvalue weighted by Gasteiger charge is 2.20. The lowest BCUT2D eigenvalue weighted by molar-refractivity contribution is -0.141. The maximum absolute atomic E-state index is 12.3. The van der Waals surface area contributed by atoms with Crippen molar-refractivity contribution in [2.45, 2.75) is 32.6 Å². The molecule has 9 heteroatoms. The number of thiazole rings is 1. The molecule has 0 aliphatic carbocycles. The molecule has 1 amide bonds. The van der Waals surface area contributed by atoms with Crippen molar-refractivity contribution in [2.75, 3.05) is 10.7 Å². The molecule has 0 N–H and O–H groups in total. The fourth-order valence-electron chi connectivity index (χ4n) is 3.16. The number of thioether (sulfide) groups is 1. The van der Waals surface area contributed by atoms with E-state index < -0.39 is 5.97 Å². The SMILES string of the molecule is CC(=O)N(c1nc(COC(=O)CSc2nc3ccccc3o2)cs1)c1ccc(C)cc1C. The molecule has 4 rings (SSSR count). The van der Waals surface area contributed by atoms with E-state index >= 15 is 0 Å². The van der Waals surface area contributed by atoms with Gasteiger partial charge < -0.3 is 9.15 Å². The summed E-state index contributed by atoms with van der Waals surface area (Å²) in [5, 5.41) is 2.75. The van der Waals surface area contributed by atoms with Gasteiger partial charge >= 0.3 is 5.97 Å². The summed E-state index contributed by atoms with van der Waals surface area (Å²) in [6.45, 7) is 5.50. The molecular weight excluding hydrogens is 446 g/mol. The van der Waals surface area contributed by atoms with Gasteiger partial charge in [0.1, 0.15) is 17.9 Å². The predicted molar refractivity (Wildman–Crippen MR) is 125 cm³/mol. The van der Waals surface area contributed by atoms with Gasteiger partial charge in [-0.05, 0) is 37.6 Å². The van der Waals surface area contributed by atoms with Gasteiger partial charge in [0, 0.05) is 12.3 Å². The maximum atomic E-state index is 12.3. The van der Waals surface area contributed by atoms with Crippen LogP contribution in [0.25, 0.3) is 11.1 Å². The first-order valence-corrected chi connectivity index (χ1v) is 11.7. The monoisotopic (exact) mass is 467 g/mol. The van der Waals surface area contributed by atoms with Gasteiger partial charge in [0.25, 0.3) is 5.22 Å². The number of aryl methyl sites for hydroxylation is 2. The smallest absolute Gasteiger partial charge is 0.316 e. The number of hydrogen-bond donors (Lipinski definition) is 0. The molecule has 0 saturated carbocycles. The highest BCUT2D eigenvalue weighted by molar-refractivity contribution is 7.99. The second kappa shape index (κ2) is 9.54. The fraction of sp³-hybridized carbons (Fsp3) is 0.217. The first-order chi connectivity index (χ1) is 15.4. The number of nitrogens with zero attached hydrogens (tertiary/aromatic N) is 3. The Morgan fingerprint density at radius 1 is 1.16 bits per heavy atom. The average Bonchev–Trinajstić information content (AvgIpc) is 3.39. The Morgan fingerprint density at radius 3 is 2.72 bits per heavy atom. The van der Waals surface area contributed by atoms with Gasteiger partial charge in [-0.3, -0.25) is 14.5 Å². The van der Waals surface area contributed by atoms with Gasteiger partial charge in [0.2, 0.25) is 5.91 Å². The summed E-state index contributed by atoms with van der Waals surface area (Å²) in [7, 11) is 0. The quantitative estimate of drug-likeness (QED) is 0.265. The minimum atomic E-state index is -0.399. The molecule has 0 atom stereocenters. The molecule has 0 fully saturated rings. The number of hydrogen-bond acceptors (Lipinski definition) is 8. The fourth-order valence-corrected chi connectivity index (χ4v) is 4.66. The number of aromatic nitrogens is 2. The Hall–Kier alpha value is -3.17. The van der Waals surface area contributed by atoms with E-state index in [0.29, 0.717) is 21.6 Å². The van der Waals surface area contributed by atoms with Crippen LogP contribution in [0.4, 0.5) is 10.8 Å². The largest absolute Gasteiger partial charge is 0.459 e. The number of carbonyl (C=O) groups is 2. The molecule has 0 bridgehead atoms. The number of carbonyl (C=O) groups excluding carboxylic acids is 2. The van der Waals surface area contributed by atoms with Crippen LogP contribution < -0.4 is 4.90 Å². The zero-order valence-electron chi connectivity index (χ0n) is 17.8. The van der Waals surface area contributed by atoms with Gasteiger partial charge in [-0.15, -0.1) is 11.3 Å². The van der Waals surface area contributed by atoms with Crippen molar-refractivity contribution in [3.8, 4) is 0 Å². The van der Waals surface area contributed by atoms with Crippen LogP contribution in [-0.4, -0.2) is 27.6 Å². The normalized spacial score (nSPS) is 11.0. The molecule has 0 radical (unpaired) electrons. The third-order valence-corrected chi connectivity index (χ3v) is 6.28. The molecule has 0 unspecified atom stereocenters. The van der Waals surface area contributed by atoms with E-state index in [2.05, 4.69) is 9.97 Å². The predicted octanol–water partition coefficient (Wildman–Crippen LogP) is 5.42. The molecule has 0 aliphatic rings. The lowest BCUT2D eigenvalue weighted by Gasteiger charge is -2.20. The Balaban J connectivity index is 1.36. The summed E-state index contributed by atoms with van der Waals surface area (Å²) in [6, 6.07) is 13.3. The summed E-state index contributed by atoms with van der Waals surface area (Å²) in [4.78, 5) is 34.9. The van der Waals surface area contributed by atoms with Crippen LogP contribution in [0, 0.1) is 13.8 Å². The number of benzene rings is 2. The molecule has 7 nitrogen and oxygen atoms in total. The minimum absolute atomic E-state index is 0.0298. The highest BCUT2D eigenvalue weighted by atomic mass is 32.2. The number of oxazole rings is 1. The summed E-state index contributed by atoms with van der Waals surface area (Å²) >= 11 is 2.51. The van der Waals surface area contributed by atoms with E-state index in [-0.39, 0.29) is 18.3 Å². The van der Waals surface area contributed by atoms with E-state index in [9.17, 15) is 9.59 Å². The molecule has 2 aromatic carbocycles. The number of amides is 1. The summed E-state index contributed by atoms with van der Waals surface area (Å²) in [6.07, 6.45) is 0. The van der Waals surface area contributed by atoms with E-state index in [4.69, 9.17) is 9.15 Å². The van der Waals surface area contributed by atoms with Crippen LogP contribution in [-0.2, 0) is 20.9 Å². The van der Waals surface area contributed by atoms with Crippen molar-refractivity contribution in [2.24, 2.45) is 0 Å². The number of ether oxygens (including phenoxy) is 1. The van der Waals surface area contributed by atoms with Crippen molar-refractivity contribution in [3.63, 3.8) is 0 Å². The van der Waals surface area contributed by atoms with Gasteiger partial charge in [-0.2, -0.15) is 0 Å². The van der Waals surface area contributed by atoms with Crippen LogP contribution in [0.1, 0.15) is 23.7 Å². The molecule has 0 saturated heterocycles. The molecule has 0 aliphatic heterocycles. The molecule has 0 spiro atoms. The Labute approximate surface area is 193 Å². The third kappa shape index (κ3) is 5.00. The number of esters is 1. The van der Waals surface area contributed by atoms with Crippen LogP contribution in [0.2, 0.25) is 0 Å². The first kappa shape index (κ1) is 22.0. The molecule has 2 heterocycles. The Kier molecular flexibility index (Phi) is 6.57. The number of anilines is 2. The maximum Gasteiger partial charge on any atom is 0.316 e. The molecule has 4 aromatic rings. The van der Waals surface area contributed by atoms with Crippen molar-refractivity contribution in [3.05, 3.63) is 64.7 Å². The van der Waals surface area contributed by atoms with E-state index in [1.54, 1.807) is 10.3 Å². The number of para-hydroxylation sites is 2. The minimum Gasteiger partial charge on any atom is -0.459 e. The molecule has 32 heavy (non-hydrogen) atoms. The average molecular weight is 468 g/mol. The van der Waals surface area contributed by atoms with Crippen molar-refractivity contribution >= 4 is 56.9 Å². The Morgan fingerprint density at radius 2 is 1.97 bits per heavy atom. The van der Waals surface area contributed by atoms with Gasteiger partial charge in [-0.25, -0.2) is 9.97 Å². The summed E-state index contributed by atoms with van der Waals surface area (Å²) in [5.74, 6) is -0.458. The van der Waals surface area contributed by atoms with Gasteiger partial charge in [0.15, 0.2) is 10.7 Å². The van der Waals surface area contributed by atoms with Crippen LogP contribution in [0.15, 0.2) is 57.5 Å². The van der Waals surface area contributed by atoms with Crippen LogP contribution in [0.5, 0.6) is 0 Å². The van der Waals surface area contributed by atoms with E-state index in [0.717, 1.165) is 22.3 Å². The topological polar surface area (TPSA) is 85.5 Å².